The zero-order chi connectivity index (χ0) is 20.5. The molecule has 0 aromatic heterocycles. The quantitative estimate of drug-likeness (QED) is 0.583. The van der Waals surface area contributed by atoms with Crippen LogP contribution in [0.5, 0.6) is 0 Å². The van der Waals surface area contributed by atoms with Crippen molar-refractivity contribution in [2.24, 2.45) is 5.73 Å². The van der Waals surface area contributed by atoms with Gasteiger partial charge in [-0.1, -0.05) is 29.8 Å². The van der Waals surface area contributed by atoms with Gasteiger partial charge in [-0.25, -0.2) is 8.42 Å². The van der Waals surface area contributed by atoms with Gasteiger partial charge in [-0.15, -0.1) is 0 Å². The summed E-state index contributed by atoms with van der Waals surface area (Å²) in [7, 11) is -3.67. The lowest BCUT2D eigenvalue weighted by atomic mass is 10.1. The molecular formula is C19H21ClN4O3S. The molecule has 28 heavy (non-hydrogen) atoms. The van der Waals surface area contributed by atoms with Crippen LogP contribution in [0, 0.1) is 12.3 Å². The van der Waals surface area contributed by atoms with Crippen LogP contribution in [0.4, 0.5) is 0 Å². The number of halogens is 1. The minimum absolute atomic E-state index is 0.109. The molecule has 1 amide bonds. The summed E-state index contributed by atoms with van der Waals surface area (Å²) in [6, 6.07) is 11.2. The molecule has 0 unspecified atom stereocenters. The van der Waals surface area contributed by atoms with Gasteiger partial charge in [0, 0.05) is 42.3 Å². The van der Waals surface area contributed by atoms with Gasteiger partial charge < -0.3 is 10.6 Å². The fourth-order valence-electron chi connectivity index (χ4n) is 3.02. The van der Waals surface area contributed by atoms with E-state index in [0.29, 0.717) is 16.1 Å². The molecule has 0 aliphatic carbocycles. The molecule has 9 heteroatoms. The third-order valence-corrected chi connectivity index (χ3v) is 7.03. The molecule has 0 atom stereocenters. The van der Waals surface area contributed by atoms with E-state index in [-0.39, 0.29) is 42.8 Å². The molecule has 0 radical (unpaired) electrons. The van der Waals surface area contributed by atoms with Crippen LogP contribution in [0.2, 0.25) is 5.02 Å². The largest absolute Gasteiger partial charge is 0.384 e. The van der Waals surface area contributed by atoms with Crippen LogP contribution in [0.15, 0.2) is 47.4 Å². The van der Waals surface area contributed by atoms with E-state index in [4.69, 9.17) is 22.7 Å². The number of amides is 1. The molecular weight excluding hydrogens is 400 g/mol. The van der Waals surface area contributed by atoms with Crippen molar-refractivity contribution in [1.29, 1.82) is 5.41 Å². The highest BCUT2D eigenvalue weighted by atomic mass is 35.5. The number of nitrogens with two attached hydrogens (primary N) is 1. The van der Waals surface area contributed by atoms with Crippen molar-refractivity contribution in [2.75, 3.05) is 26.2 Å². The number of carbonyl (C=O) groups is 1. The monoisotopic (exact) mass is 420 g/mol. The van der Waals surface area contributed by atoms with E-state index < -0.39 is 10.0 Å². The molecule has 3 N–H and O–H groups in total. The maximum atomic E-state index is 12.8. The molecule has 148 valence electrons. The number of carbonyl (C=O) groups excluding carboxylic acids is 1. The van der Waals surface area contributed by atoms with Crippen LogP contribution in [0.3, 0.4) is 0 Å². The summed E-state index contributed by atoms with van der Waals surface area (Å²) in [5, 5.41) is 7.90. The van der Waals surface area contributed by atoms with Crippen LogP contribution in [-0.2, 0) is 10.0 Å². The minimum atomic E-state index is -3.67. The lowest BCUT2D eigenvalue weighted by Crippen LogP contribution is -2.50. The lowest BCUT2D eigenvalue weighted by Gasteiger charge is -2.34. The molecule has 1 aliphatic rings. The number of piperazine rings is 1. The number of hydrogen-bond acceptors (Lipinski definition) is 4. The Morgan fingerprint density at radius 3 is 2.32 bits per heavy atom. The Kier molecular flexibility index (Phi) is 5.74. The number of hydrogen-bond donors (Lipinski definition) is 2. The summed E-state index contributed by atoms with van der Waals surface area (Å²) in [4.78, 5) is 14.5. The number of nitrogens with zero attached hydrogens (tertiary/aromatic N) is 2. The molecule has 0 spiro atoms. The smallest absolute Gasteiger partial charge is 0.253 e. The van der Waals surface area contributed by atoms with Crippen molar-refractivity contribution in [3.63, 3.8) is 0 Å². The van der Waals surface area contributed by atoms with Crippen LogP contribution >= 0.6 is 11.6 Å². The third-order valence-electron chi connectivity index (χ3n) is 4.73. The summed E-state index contributed by atoms with van der Waals surface area (Å²) in [5.74, 6) is -0.319. The first-order valence-corrected chi connectivity index (χ1v) is 10.5. The lowest BCUT2D eigenvalue weighted by molar-refractivity contribution is 0.0698. The summed E-state index contributed by atoms with van der Waals surface area (Å²) in [6.07, 6.45) is 0. The molecule has 2 aromatic carbocycles. The Balaban J connectivity index is 1.71. The second kappa shape index (κ2) is 7.90. The standard InChI is InChI=1S/C19H21ClN4O3S/c1-13-5-6-16(12-17(13)20)28(26,27)24-9-7-23(8-10-24)19(25)15-4-2-3-14(11-15)18(21)22/h2-6,11-12H,7-10H2,1H3,(H3,21,22). The Bertz CT molecular complexity index is 1030. The zero-order valence-electron chi connectivity index (χ0n) is 15.4. The second-order valence-electron chi connectivity index (χ2n) is 6.60. The second-order valence-corrected chi connectivity index (χ2v) is 8.95. The average molecular weight is 421 g/mol. The Hall–Kier alpha value is -2.42. The van der Waals surface area contributed by atoms with Crippen LogP contribution in [-0.4, -0.2) is 55.5 Å². The van der Waals surface area contributed by atoms with Gasteiger partial charge in [0.2, 0.25) is 10.0 Å². The summed E-state index contributed by atoms with van der Waals surface area (Å²) in [5.41, 5.74) is 7.19. The number of sulfonamides is 1. The zero-order valence-corrected chi connectivity index (χ0v) is 16.9. The van der Waals surface area contributed by atoms with Gasteiger partial charge in [0.25, 0.3) is 5.91 Å². The number of rotatable bonds is 4. The van der Waals surface area contributed by atoms with E-state index in [1.807, 2.05) is 6.92 Å². The van der Waals surface area contributed by atoms with E-state index in [9.17, 15) is 13.2 Å². The molecule has 3 rings (SSSR count). The van der Waals surface area contributed by atoms with Gasteiger partial charge in [0.05, 0.1) is 4.90 Å². The van der Waals surface area contributed by atoms with Crippen molar-refractivity contribution in [2.45, 2.75) is 11.8 Å². The minimum Gasteiger partial charge on any atom is -0.384 e. The summed E-state index contributed by atoms with van der Waals surface area (Å²) in [6.45, 7) is 2.77. The van der Waals surface area contributed by atoms with Gasteiger partial charge in [-0.3, -0.25) is 10.2 Å². The van der Waals surface area contributed by atoms with Crippen molar-refractivity contribution < 1.29 is 13.2 Å². The normalized spacial score (nSPS) is 15.4. The van der Waals surface area contributed by atoms with Gasteiger partial charge >= 0.3 is 0 Å². The predicted molar refractivity (Wildman–Crippen MR) is 108 cm³/mol. The summed E-state index contributed by atoms with van der Waals surface area (Å²) >= 11 is 6.07. The van der Waals surface area contributed by atoms with Crippen molar-refractivity contribution in [3.8, 4) is 0 Å². The van der Waals surface area contributed by atoms with Crippen molar-refractivity contribution in [3.05, 3.63) is 64.2 Å². The fourth-order valence-corrected chi connectivity index (χ4v) is 4.71. The van der Waals surface area contributed by atoms with Gasteiger partial charge in [-0.2, -0.15) is 4.31 Å². The average Bonchev–Trinajstić information content (AvgIpc) is 2.69. The van der Waals surface area contributed by atoms with Crippen molar-refractivity contribution in [1.82, 2.24) is 9.21 Å². The number of aryl methyl sites for hydroxylation is 1. The molecule has 1 heterocycles. The molecule has 2 aromatic rings. The Morgan fingerprint density at radius 1 is 1.07 bits per heavy atom. The predicted octanol–water partition coefficient (Wildman–Crippen LogP) is 2.08. The fraction of sp³-hybridized carbons (Fsp3) is 0.263. The molecule has 7 nitrogen and oxygen atoms in total. The van der Waals surface area contributed by atoms with Gasteiger partial charge in [0.1, 0.15) is 5.84 Å². The maximum Gasteiger partial charge on any atom is 0.253 e. The summed E-state index contributed by atoms with van der Waals surface area (Å²) < 4.78 is 27.1. The first-order valence-electron chi connectivity index (χ1n) is 8.70. The third kappa shape index (κ3) is 4.04. The molecule has 1 fully saturated rings. The molecule has 1 aliphatic heterocycles. The molecule has 0 saturated carbocycles. The molecule has 1 saturated heterocycles. The highest BCUT2D eigenvalue weighted by molar-refractivity contribution is 7.89. The Labute approximate surface area is 169 Å². The van der Waals surface area contributed by atoms with E-state index in [1.54, 1.807) is 41.3 Å². The van der Waals surface area contributed by atoms with Crippen molar-refractivity contribution >= 4 is 33.4 Å². The first kappa shape index (κ1) is 20.3. The highest BCUT2D eigenvalue weighted by Gasteiger charge is 2.30. The number of benzene rings is 2. The molecule has 0 bridgehead atoms. The van der Waals surface area contributed by atoms with Crippen LogP contribution < -0.4 is 5.73 Å². The van der Waals surface area contributed by atoms with Crippen LogP contribution in [0.1, 0.15) is 21.5 Å². The topological polar surface area (TPSA) is 108 Å². The van der Waals surface area contributed by atoms with E-state index in [0.717, 1.165) is 5.56 Å². The number of nitrogens with one attached hydrogen (secondary N) is 1. The van der Waals surface area contributed by atoms with E-state index in [2.05, 4.69) is 0 Å². The SMILES string of the molecule is Cc1ccc(S(=O)(=O)N2CCN(C(=O)c3cccc(C(=N)N)c3)CC2)cc1Cl. The van der Waals surface area contributed by atoms with Gasteiger partial charge in [0.15, 0.2) is 0 Å². The maximum absolute atomic E-state index is 12.8. The Morgan fingerprint density at radius 2 is 1.71 bits per heavy atom. The first-order chi connectivity index (χ1) is 13.2. The van der Waals surface area contributed by atoms with E-state index >= 15 is 0 Å². The van der Waals surface area contributed by atoms with Gasteiger partial charge in [-0.05, 0) is 36.8 Å². The number of nitrogen functional groups attached to an aromatic ring is 1. The van der Waals surface area contributed by atoms with Crippen LogP contribution in [0.25, 0.3) is 0 Å². The van der Waals surface area contributed by atoms with E-state index in [1.165, 1.54) is 10.4 Å². The number of amidine groups is 1. The highest BCUT2D eigenvalue weighted by Crippen LogP contribution is 2.24.